The molecular weight excluding hydrogens is 547 g/mol. The van der Waals surface area contributed by atoms with Gasteiger partial charge in [0, 0.05) is 25.2 Å². The van der Waals surface area contributed by atoms with Crippen LogP contribution in [0.25, 0.3) is 0 Å². The number of halogens is 3. The Morgan fingerprint density at radius 2 is 1.60 bits per heavy atom. The zero-order valence-corrected chi connectivity index (χ0v) is 24.5. The van der Waals surface area contributed by atoms with E-state index in [2.05, 4.69) is 12.2 Å². The zero-order chi connectivity index (χ0) is 30.5. The molecule has 2 aliphatic rings. The molecule has 228 valence electrons. The molecule has 2 aromatic rings. The second-order valence-electron chi connectivity index (χ2n) is 11.4. The van der Waals surface area contributed by atoms with Crippen molar-refractivity contribution in [3.8, 4) is 5.75 Å². The molecule has 42 heavy (non-hydrogen) atoms. The third-order valence-electron chi connectivity index (χ3n) is 8.70. The number of β-lactam (4-membered cyclic amide) rings is 1. The lowest BCUT2D eigenvalue weighted by Crippen LogP contribution is -2.73. The van der Waals surface area contributed by atoms with Gasteiger partial charge in [0.05, 0.1) is 5.56 Å². The van der Waals surface area contributed by atoms with E-state index in [0.717, 1.165) is 48.5 Å². The highest BCUT2D eigenvalue weighted by molar-refractivity contribution is 6.03. The van der Waals surface area contributed by atoms with Crippen molar-refractivity contribution in [2.24, 2.45) is 11.3 Å². The Labute approximate surface area is 245 Å². The lowest BCUT2D eigenvalue weighted by molar-refractivity contribution is -0.190. The first-order chi connectivity index (χ1) is 20.0. The lowest BCUT2D eigenvalue weighted by Gasteiger charge is -2.53. The smallest absolute Gasteiger partial charge is 0.416 e. The molecule has 0 radical (unpaired) electrons. The van der Waals surface area contributed by atoms with Crippen LogP contribution in [-0.2, 0) is 17.4 Å². The second kappa shape index (κ2) is 13.2. The van der Waals surface area contributed by atoms with E-state index in [4.69, 9.17) is 4.74 Å². The molecular formula is C32H40F3N3O4. The number of carbonyl (C=O) groups is 3. The van der Waals surface area contributed by atoms with E-state index in [0.29, 0.717) is 55.9 Å². The first kappa shape index (κ1) is 31.4. The largest absolute Gasteiger partial charge is 0.469 e. The van der Waals surface area contributed by atoms with Gasteiger partial charge >= 0.3 is 12.2 Å². The van der Waals surface area contributed by atoms with Crippen LogP contribution >= 0.6 is 0 Å². The van der Waals surface area contributed by atoms with Crippen molar-refractivity contribution in [2.45, 2.75) is 78.1 Å². The highest BCUT2D eigenvalue weighted by atomic mass is 19.4. The number of unbranched alkanes of at least 4 members (excludes halogenated alkanes) is 1. The van der Waals surface area contributed by atoms with Crippen LogP contribution in [-0.4, -0.2) is 53.5 Å². The van der Waals surface area contributed by atoms with Crippen LogP contribution in [0.4, 0.5) is 18.0 Å². The minimum atomic E-state index is -4.36. The fraction of sp³-hybridized carbons (Fsp3) is 0.531. The highest BCUT2D eigenvalue weighted by Crippen LogP contribution is 2.46. The number of benzene rings is 2. The number of hydrogen-bond acceptors (Lipinski definition) is 4. The molecule has 4 rings (SSSR count). The van der Waals surface area contributed by atoms with Gasteiger partial charge in [-0.1, -0.05) is 32.9 Å². The van der Waals surface area contributed by atoms with Crippen LogP contribution in [0.15, 0.2) is 48.5 Å². The fourth-order valence-corrected chi connectivity index (χ4v) is 5.69. The number of nitrogens with zero attached hydrogens (tertiary/aromatic N) is 2. The molecule has 2 saturated heterocycles. The first-order valence-electron chi connectivity index (χ1n) is 14.8. The lowest BCUT2D eigenvalue weighted by atomic mass is 9.72. The molecule has 1 atom stereocenters. The Balaban J connectivity index is 1.31. The molecule has 4 amide bonds. The van der Waals surface area contributed by atoms with Crippen LogP contribution in [0, 0.1) is 11.3 Å². The number of aryl methyl sites for hydroxylation is 1. The molecule has 10 heteroatoms. The number of likely N-dealkylation sites (tertiary alicyclic amines) is 2. The normalized spacial score (nSPS) is 18.9. The van der Waals surface area contributed by atoms with E-state index in [9.17, 15) is 27.6 Å². The van der Waals surface area contributed by atoms with Crippen molar-refractivity contribution in [1.82, 2.24) is 15.1 Å². The maximum absolute atomic E-state index is 13.2. The Hall–Kier alpha value is -3.56. The Morgan fingerprint density at radius 1 is 0.976 bits per heavy atom. The zero-order valence-electron chi connectivity index (χ0n) is 24.5. The van der Waals surface area contributed by atoms with E-state index in [1.54, 1.807) is 24.3 Å². The summed E-state index contributed by atoms with van der Waals surface area (Å²) in [6, 6.07) is 11.4. The molecule has 0 saturated carbocycles. The predicted octanol–water partition coefficient (Wildman–Crippen LogP) is 6.66. The number of nitrogens with one attached hydrogen (secondary N) is 1. The van der Waals surface area contributed by atoms with Gasteiger partial charge in [-0.05, 0) is 92.8 Å². The molecule has 2 fully saturated rings. The summed E-state index contributed by atoms with van der Waals surface area (Å²) in [5.74, 6) is 0.797. The molecule has 1 N–H and O–H groups in total. The van der Waals surface area contributed by atoms with E-state index in [1.165, 1.54) is 12.1 Å². The maximum atomic E-state index is 13.2. The van der Waals surface area contributed by atoms with Crippen LogP contribution < -0.4 is 10.1 Å². The number of carbonyl (C=O) groups excluding carboxylic acids is 3. The molecule has 2 heterocycles. The summed E-state index contributed by atoms with van der Waals surface area (Å²) in [6.07, 6.45) is -0.301. The molecule has 7 nitrogen and oxygen atoms in total. The molecule has 0 unspecified atom stereocenters. The van der Waals surface area contributed by atoms with Crippen molar-refractivity contribution >= 4 is 17.8 Å². The topological polar surface area (TPSA) is 79.0 Å². The third kappa shape index (κ3) is 6.73. The molecule has 0 aliphatic carbocycles. The van der Waals surface area contributed by atoms with Gasteiger partial charge in [-0.15, -0.1) is 0 Å². The van der Waals surface area contributed by atoms with E-state index in [-0.39, 0.29) is 11.8 Å². The summed E-state index contributed by atoms with van der Waals surface area (Å²) in [7, 11) is 0. The predicted molar refractivity (Wildman–Crippen MR) is 153 cm³/mol. The Kier molecular flexibility index (Phi) is 9.84. The minimum absolute atomic E-state index is 0.0111. The van der Waals surface area contributed by atoms with Crippen molar-refractivity contribution in [3.63, 3.8) is 0 Å². The molecule has 0 aromatic heterocycles. The summed E-state index contributed by atoms with van der Waals surface area (Å²) in [4.78, 5) is 42.1. The Bertz CT molecular complexity index is 1240. The van der Waals surface area contributed by atoms with E-state index < -0.39 is 29.4 Å². The van der Waals surface area contributed by atoms with E-state index in [1.807, 2.05) is 18.7 Å². The Morgan fingerprint density at radius 3 is 2.17 bits per heavy atom. The quantitative estimate of drug-likeness (QED) is 0.249. The minimum Gasteiger partial charge on any atom is -0.469 e. The van der Waals surface area contributed by atoms with Crippen LogP contribution in [0.5, 0.6) is 5.75 Å². The van der Waals surface area contributed by atoms with Gasteiger partial charge in [0.1, 0.15) is 11.2 Å². The number of urea groups is 1. The number of imide groups is 1. The first-order valence-corrected chi connectivity index (χ1v) is 14.8. The van der Waals surface area contributed by atoms with Crippen molar-refractivity contribution in [3.05, 3.63) is 65.2 Å². The number of amides is 4. The van der Waals surface area contributed by atoms with Crippen molar-refractivity contribution in [1.29, 1.82) is 0 Å². The standard InChI is InChI=1S/C32H40F3N3O4/c1-4-31(5-2)28(40)38(30(41)36-19-7-6-8-23-9-13-25(14-10-23)32(33,34)35)29(31)42-26-15-11-24(12-16-26)27(39)37-20-17-22(3)18-21-37/h9-16,22,29H,4-8,17-21H2,1-3H3,(H,36,41)/t29-/m0/s1. The van der Waals surface area contributed by atoms with Crippen LogP contribution in [0.2, 0.25) is 0 Å². The summed E-state index contributed by atoms with van der Waals surface area (Å²) < 4.78 is 44.4. The number of alkyl halides is 3. The van der Waals surface area contributed by atoms with Crippen molar-refractivity contribution < 1.29 is 32.3 Å². The summed E-state index contributed by atoms with van der Waals surface area (Å²) in [6.45, 7) is 7.80. The van der Waals surface area contributed by atoms with Gasteiger partial charge in [0.25, 0.3) is 5.91 Å². The number of hydrogen-bond donors (Lipinski definition) is 1. The second-order valence-corrected chi connectivity index (χ2v) is 11.4. The molecule has 0 spiro atoms. The average molecular weight is 588 g/mol. The number of piperidine rings is 1. The summed E-state index contributed by atoms with van der Waals surface area (Å²) >= 11 is 0. The number of rotatable bonds is 10. The van der Waals surface area contributed by atoms with Gasteiger partial charge in [-0.25, -0.2) is 9.69 Å². The van der Waals surface area contributed by atoms with Gasteiger partial charge in [0.15, 0.2) is 6.23 Å². The summed E-state index contributed by atoms with van der Waals surface area (Å²) in [5, 5.41) is 2.78. The third-order valence-corrected chi connectivity index (χ3v) is 8.70. The van der Waals surface area contributed by atoms with Gasteiger partial charge < -0.3 is 15.0 Å². The SMILES string of the molecule is CCC1(CC)C(=O)N(C(=O)NCCCCc2ccc(C(F)(F)F)cc2)[C@H]1Oc1ccc(C(=O)N2CCC(C)CC2)cc1. The average Bonchev–Trinajstić information content (AvgIpc) is 2.98. The van der Waals surface area contributed by atoms with Crippen molar-refractivity contribution in [2.75, 3.05) is 19.6 Å². The molecule has 2 aliphatic heterocycles. The van der Waals surface area contributed by atoms with Gasteiger partial charge in [-0.2, -0.15) is 13.2 Å². The van der Waals surface area contributed by atoms with E-state index >= 15 is 0 Å². The fourth-order valence-electron chi connectivity index (χ4n) is 5.69. The number of ether oxygens (including phenoxy) is 1. The summed E-state index contributed by atoms with van der Waals surface area (Å²) in [5.41, 5.74) is -0.139. The van der Waals surface area contributed by atoms with Crippen LogP contribution in [0.3, 0.4) is 0 Å². The van der Waals surface area contributed by atoms with Gasteiger partial charge in [0.2, 0.25) is 5.91 Å². The highest BCUT2D eigenvalue weighted by Gasteiger charge is 2.62. The molecule has 2 aromatic carbocycles. The monoisotopic (exact) mass is 587 g/mol. The maximum Gasteiger partial charge on any atom is 0.416 e. The molecule has 0 bridgehead atoms. The van der Waals surface area contributed by atoms with Gasteiger partial charge in [-0.3, -0.25) is 9.59 Å². The van der Waals surface area contributed by atoms with Crippen LogP contribution in [0.1, 0.15) is 80.8 Å².